The molecule has 1 amide bonds. The summed E-state index contributed by atoms with van der Waals surface area (Å²) in [5.74, 6) is 0.441. The van der Waals surface area contributed by atoms with E-state index in [9.17, 15) is 9.90 Å². The fourth-order valence-electron chi connectivity index (χ4n) is 1.68. The lowest BCUT2D eigenvalue weighted by Crippen LogP contribution is -2.53. The molecule has 3 atom stereocenters. The lowest BCUT2D eigenvalue weighted by atomic mass is 9.93. The van der Waals surface area contributed by atoms with Crippen molar-refractivity contribution in [2.75, 3.05) is 13.1 Å². The summed E-state index contributed by atoms with van der Waals surface area (Å²) in [5, 5.41) is 15.6. The topological polar surface area (TPSA) is 61.4 Å². The van der Waals surface area contributed by atoms with Gasteiger partial charge in [0.25, 0.3) is 0 Å². The molecule has 88 valence electrons. The second kappa shape index (κ2) is 4.49. The van der Waals surface area contributed by atoms with Gasteiger partial charge in [0.05, 0.1) is 17.6 Å². The summed E-state index contributed by atoms with van der Waals surface area (Å²) >= 11 is 0. The number of carbonyl (C=O) groups is 1. The predicted molar refractivity (Wildman–Crippen MR) is 59.4 cm³/mol. The summed E-state index contributed by atoms with van der Waals surface area (Å²) in [4.78, 5) is 11.9. The van der Waals surface area contributed by atoms with Gasteiger partial charge in [0.1, 0.15) is 0 Å². The van der Waals surface area contributed by atoms with Crippen molar-refractivity contribution < 1.29 is 9.90 Å². The Kier molecular flexibility index (Phi) is 3.73. The molecule has 1 heterocycles. The van der Waals surface area contributed by atoms with Gasteiger partial charge in [0.15, 0.2) is 0 Å². The van der Waals surface area contributed by atoms with Crippen LogP contribution in [0.25, 0.3) is 0 Å². The van der Waals surface area contributed by atoms with E-state index in [2.05, 4.69) is 17.6 Å². The molecule has 4 heteroatoms. The van der Waals surface area contributed by atoms with Crippen LogP contribution in [0.4, 0.5) is 0 Å². The third kappa shape index (κ3) is 2.92. The Balaban J connectivity index is 2.55. The number of nitrogens with one attached hydrogen (secondary N) is 2. The van der Waals surface area contributed by atoms with E-state index in [1.807, 2.05) is 13.8 Å². The van der Waals surface area contributed by atoms with Crippen LogP contribution in [0, 0.1) is 11.8 Å². The molecule has 1 rings (SSSR count). The van der Waals surface area contributed by atoms with Crippen molar-refractivity contribution in [3.63, 3.8) is 0 Å². The number of rotatable bonds is 3. The lowest BCUT2D eigenvalue weighted by molar-refractivity contribution is -0.128. The summed E-state index contributed by atoms with van der Waals surface area (Å²) in [7, 11) is 0. The molecule has 0 radical (unpaired) electrons. The van der Waals surface area contributed by atoms with Gasteiger partial charge in [0, 0.05) is 6.54 Å². The lowest BCUT2D eigenvalue weighted by Gasteiger charge is -2.31. The van der Waals surface area contributed by atoms with E-state index in [4.69, 9.17) is 0 Å². The first kappa shape index (κ1) is 12.5. The molecule has 3 N–H and O–H groups in total. The smallest absolute Gasteiger partial charge is 0.225 e. The third-order valence-electron chi connectivity index (χ3n) is 3.34. The highest BCUT2D eigenvalue weighted by atomic mass is 16.3. The number of carbonyl (C=O) groups excluding carboxylic acids is 1. The molecule has 1 aliphatic rings. The van der Waals surface area contributed by atoms with Gasteiger partial charge < -0.3 is 15.7 Å². The highest BCUT2D eigenvalue weighted by molar-refractivity contribution is 5.80. The minimum Gasteiger partial charge on any atom is -0.391 e. The van der Waals surface area contributed by atoms with E-state index in [1.165, 1.54) is 0 Å². The zero-order chi connectivity index (χ0) is 11.6. The van der Waals surface area contributed by atoms with Crippen molar-refractivity contribution in [2.24, 2.45) is 11.8 Å². The Bertz CT molecular complexity index is 239. The van der Waals surface area contributed by atoms with Crippen molar-refractivity contribution in [1.29, 1.82) is 0 Å². The van der Waals surface area contributed by atoms with Gasteiger partial charge in [0.2, 0.25) is 5.91 Å². The van der Waals surface area contributed by atoms with Crippen LogP contribution in [-0.2, 0) is 4.79 Å². The normalized spacial score (nSPS) is 28.9. The molecule has 0 bridgehead atoms. The van der Waals surface area contributed by atoms with Gasteiger partial charge >= 0.3 is 0 Å². The van der Waals surface area contributed by atoms with Crippen molar-refractivity contribution >= 4 is 5.91 Å². The largest absolute Gasteiger partial charge is 0.391 e. The minimum absolute atomic E-state index is 0.0306. The van der Waals surface area contributed by atoms with E-state index < -0.39 is 11.6 Å². The van der Waals surface area contributed by atoms with Crippen LogP contribution in [0.2, 0.25) is 0 Å². The zero-order valence-electron chi connectivity index (χ0n) is 10.0. The van der Waals surface area contributed by atoms with Crippen molar-refractivity contribution in [1.82, 2.24) is 10.6 Å². The molecule has 15 heavy (non-hydrogen) atoms. The Hall–Kier alpha value is -0.610. The minimum atomic E-state index is -0.556. The van der Waals surface area contributed by atoms with Crippen LogP contribution in [0.5, 0.6) is 0 Å². The van der Waals surface area contributed by atoms with E-state index in [0.29, 0.717) is 5.92 Å². The van der Waals surface area contributed by atoms with Crippen LogP contribution in [-0.4, -0.2) is 35.7 Å². The number of amides is 1. The average molecular weight is 214 g/mol. The molecular formula is C11H22N2O2. The molecular weight excluding hydrogens is 192 g/mol. The number of aliphatic hydroxyl groups excluding tert-OH is 1. The molecule has 0 spiro atoms. The van der Waals surface area contributed by atoms with Crippen molar-refractivity contribution in [3.05, 3.63) is 0 Å². The van der Waals surface area contributed by atoms with Crippen LogP contribution in [0.1, 0.15) is 27.7 Å². The van der Waals surface area contributed by atoms with E-state index in [0.717, 1.165) is 13.1 Å². The maximum Gasteiger partial charge on any atom is 0.225 e. The highest BCUT2D eigenvalue weighted by Gasteiger charge is 2.34. The van der Waals surface area contributed by atoms with Crippen LogP contribution in [0.3, 0.4) is 0 Å². The molecule has 1 fully saturated rings. The van der Waals surface area contributed by atoms with Gasteiger partial charge in [-0.1, -0.05) is 6.92 Å². The Morgan fingerprint density at radius 3 is 2.53 bits per heavy atom. The summed E-state index contributed by atoms with van der Waals surface area (Å²) in [6.07, 6.45) is -0.550. The van der Waals surface area contributed by atoms with Crippen LogP contribution < -0.4 is 10.6 Å². The zero-order valence-corrected chi connectivity index (χ0v) is 10.0. The maximum atomic E-state index is 11.9. The first-order chi connectivity index (χ1) is 6.84. The molecule has 3 unspecified atom stereocenters. The number of hydrogen-bond donors (Lipinski definition) is 3. The first-order valence-electron chi connectivity index (χ1n) is 5.55. The average Bonchev–Trinajstić information content (AvgIpc) is 2.50. The third-order valence-corrected chi connectivity index (χ3v) is 3.34. The standard InChI is InChI=1S/C11H22N2O2/c1-7-5-12-6-9(7)10(15)13-11(3,4)8(2)14/h7-9,12,14H,5-6H2,1-4H3,(H,13,15). The fraction of sp³-hybridized carbons (Fsp3) is 0.909. The first-order valence-corrected chi connectivity index (χ1v) is 5.55. The van der Waals surface area contributed by atoms with Gasteiger partial charge in [-0.25, -0.2) is 0 Å². The Morgan fingerprint density at radius 1 is 1.53 bits per heavy atom. The summed E-state index contributed by atoms with van der Waals surface area (Å²) < 4.78 is 0. The summed E-state index contributed by atoms with van der Waals surface area (Å²) in [6, 6.07) is 0. The van der Waals surface area contributed by atoms with Gasteiger partial charge in [-0.3, -0.25) is 4.79 Å². The van der Waals surface area contributed by atoms with Crippen LogP contribution >= 0.6 is 0 Å². The molecule has 0 aromatic heterocycles. The quantitative estimate of drug-likeness (QED) is 0.625. The molecule has 0 aromatic rings. The summed E-state index contributed by atoms with van der Waals surface area (Å²) in [6.45, 7) is 9.07. The Morgan fingerprint density at radius 2 is 2.13 bits per heavy atom. The molecule has 0 aliphatic carbocycles. The van der Waals surface area contributed by atoms with Gasteiger partial charge in [-0.05, 0) is 33.2 Å². The van der Waals surface area contributed by atoms with E-state index >= 15 is 0 Å². The molecule has 1 saturated heterocycles. The van der Waals surface area contributed by atoms with Crippen molar-refractivity contribution in [2.45, 2.75) is 39.3 Å². The maximum absolute atomic E-state index is 11.9. The van der Waals surface area contributed by atoms with Gasteiger partial charge in [-0.15, -0.1) is 0 Å². The summed E-state index contributed by atoms with van der Waals surface area (Å²) in [5.41, 5.74) is -0.556. The molecule has 0 aromatic carbocycles. The predicted octanol–water partition coefficient (Wildman–Crippen LogP) is 0.118. The monoisotopic (exact) mass is 214 g/mol. The number of hydrogen-bond acceptors (Lipinski definition) is 3. The van der Waals surface area contributed by atoms with E-state index in [-0.39, 0.29) is 11.8 Å². The fourth-order valence-corrected chi connectivity index (χ4v) is 1.68. The highest BCUT2D eigenvalue weighted by Crippen LogP contribution is 2.18. The van der Waals surface area contributed by atoms with E-state index in [1.54, 1.807) is 6.92 Å². The molecule has 4 nitrogen and oxygen atoms in total. The number of aliphatic hydroxyl groups is 1. The van der Waals surface area contributed by atoms with Crippen molar-refractivity contribution in [3.8, 4) is 0 Å². The SMILES string of the molecule is CC1CNCC1C(=O)NC(C)(C)C(C)O. The second-order valence-corrected chi connectivity index (χ2v) is 5.13. The Labute approximate surface area is 91.4 Å². The molecule has 0 saturated carbocycles. The van der Waals surface area contributed by atoms with Crippen LogP contribution in [0.15, 0.2) is 0 Å². The molecule has 1 aliphatic heterocycles. The second-order valence-electron chi connectivity index (χ2n) is 5.13. The van der Waals surface area contributed by atoms with Gasteiger partial charge in [-0.2, -0.15) is 0 Å².